The molecule has 1 fully saturated rings. The van der Waals surface area contributed by atoms with Crippen molar-refractivity contribution in [2.24, 2.45) is 0 Å². The zero-order chi connectivity index (χ0) is 18.8. The number of ether oxygens (including phenoxy) is 2. The third-order valence-electron chi connectivity index (χ3n) is 5.10. The van der Waals surface area contributed by atoms with E-state index < -0.39 is 0 Å². The predicted octanol–water partition coefficient (Wildman–Crippen LogP) is 4.43. The maximum absolute atomic E-state index is 6.04. The number of rotatable bonds is 5. The van der Waals surface area contributed by atoms with Gasteiger partial charge in [-0.1, -0.05) is 11.6 Å². The van der Waals surface area contributed by atoms with Crippen molar-refractivity contribution in [1.82, 2.24) is 14.9 Å². The molecule has 0 bridgehead atoms. The number of hydrogen-bond acceptors (Lipinski definition) is 5. The number of methoxy groups -OCH3 is 1. The third kappa shape index (κ3) is 3.84. The summed E-state index contributed by atoms with van der Waals surface area (Å²) in [7, 11) is 3.80. The average molecular weight is 384 g/mol. The van der Waals surface area contributed by atoms with Crippen molar-refractivity contribution in [3.8, 4) is 22.8 Å². The average Bonchev–Trinajstić information content (AvgIpc) is 3.10. The van der Waals surface area contributed by atoms with Gasteiger partial charge >= 0.3 is 0 Å². The number of benzene rings is 1. The number of hydrogen-bond donors (Lipinski definition) is 0. The summed E-state index contributed by atoms with van der Waals surface area (Å²) in [6.45, 7) is 1.80. The normalized spacial score (nSPS) is 17.4. The Morgan fingerprint density at radius 2 is 2.07 bits per heavy atom. The Morgan fingerprint density at radius 1 is 1.19 bits per heavy atom. The van der Waals surface area contributed by atoms with Crippen molar-refractivity contribution < 1.29 is 9.47 Å². The second-order valence-corrected chi connectivity index (χ2v) is 7.24. The van der Waals surface area contributed by atoms with E-state index in [-0.39, 0.29) is 0 Å². The van der Waals surface area contributed by atoms with Gasteiger partial charge in [0.15, 0.2) is 11.5 Å². The molecule has 4 rings (SSSR count). The van der Waals surface area contributed by atoms with Crippen molar-refractivity contribution >= 4 is 22.5 Å². The van der Waals surface area contributed by atoms with Gasteiger partial charge in [-0.15, -0.1) is 0 Å². The highest BCUT2D eigenvalue weighted by molar-refractivity contribution is 6.29. The van der Waals surface area contributed by atoms with Crippen molar-refractivity contribution in [2.75, 3.05) is 27.3 Å². The van der Waals surface area contributed by atoms with Crippen molar-refractivity contribution in [3.63, 3.8) is 0 Å². The van der Waals surface area contributed by atoms with Crippen LogP contribution in [0.2, 0.25) is 5.15 Å². The number of halogens is 1. The van der Waals surface area contributed by atoms with Gasteiger partial charge in [-0.05, 0) is 62.8 Å². The van der Waals surface area contributed by atoms with Crippen LogP contribution in [0.5, 0.6) is 11.5 Å². The lowest BCUT2D eigenvalue weighted by Gasteiger charge is -2.20. The molecule has 0 spiro atoms. The quantitative estimate of drug-likeness (QED) is 0.610. The molecule has 140 valence electrons. The van der Waals surface area contributed by atoms with Gasteiger partial charge in [-0.25, -0.2) is 4.98 Å². The number of likely N-dealkylation sites (tertiary alicyclic amines) is 1. The summed E-state index contributed by atoms with van der Waals surface area (Å²) < 4.78 is 11.6. The highest BCUT2D eigenvalue weighted by Crippen LogP contribution is 2.33. The maximum atomic E-state index is 6.04. The second kappa shape index (κ2) is 7.71. The van der Waals surface area contributed by atoms with E-state index in [4.69, 9.17) is 21.1 Å². The van der Waals surface area contributed by atoms with Crippen LogP contribution in [-0.2, 0) is 0 Å². The molecular weight excluding hydrogens is 362 g/mol. The first-order valence-electron chi connectivity index (χ1n) is 9.08. The van der Waals surface area contributed by atoms with Crippen LogP contribution in [0.1, 0.15) is 12.8 Å². The first kappa shape index (κ1) is 18.0. The van der Waals surface area contributed by atoms with Crippen LogP contribution in [0.3, 0.4) is 0 Å². The number of fused-ring (bicyclic) bond motifs is 1. The van der Waals surface area contributed by atoms with Gasteiger partial charge in [-0.2, -0.15) is 0 Å². The Kier molecular flexibility index (Phi) is 5.14. The van der Waals surface area contributed by atoms with E-state index in [1.165, 1.54) is 12.8 Å². The smallest absolute Gasteiger partial charge is 0.161 e. The van der Waals surface area contributed by atoms with Crippen LogP contribution >= 0.6 is 11.6 Å². The molecule has 1 saturated heterocycles. The zero-order valence-electron chi connectivity index (χ0n) is 15.5. The van der Waals surface area contributed by atoms with Crippen LogP contribution in [0.25, 0.3) is 22.2 Å². The van der Waals surface area contributed by atoms with Crippen molar-refractivity contribution in [3.05, 3.63) is 47.7 Å². The van der Waals surface area contributed by atoms with Crippen LogP contribution in [0.15, 0.2) is 42.6 Å². The standard InChI is InChI=1S/C21H22ClN3O2/c1-25-9-3-4-16(25)13-27-19-7-5-14(10-20(19)26-2)17-11-18-15(12-23-17)6-8-21(22)24-18/h5-8,10-12,16H,3-4,9,13H2,1-2H3. The highest BCUT2D eigenvalue weighted by Gasteiger charge is 2.22. The van der Waals surface area contributed by atoms with Gasteiger partial charge in [0.05, 0.1) is 18.3 Å². The maximum Gasteiger partial charge on any atom is 0.161 e. The van der Waals surface area contributed by atoms with Crippen molar-refractivity contribution in [2.45, 2.75) is 18.9 Å². The van der Waals surface area contributed by atoms with Gasteiger partial charge in [0, 0.05) is 23.2 Å². The molecule has 0 N–H and O–H groups in total. The summed E-state index contributed by atoms with van der Waals surface area (Å²) in [5.41, 5.74) is 2.58. The summed E-state index contributed by atoms with van der Waals surface area (Å²) in [5, 5.41) is 1.42. The molecule has 0 amide bonds. The fourth-order valence-corrected chi connectivity index (χ4v) is 3.63. The zero-order valence-corrected chi connectivity index (χ0v) is 16.2. The molecule has 1 aliphatic heterocycles. The van der Waals surface area contributed by atoms with Crippen LogP contribution < -0.4 is 9.47 Å². The molecule has 3 aromatic rings. The Labute approximate surface area is 163 Å². The van der Waals surface area contributed by atoms with Crippen LogP contribution in [0.4, 0.5) is 0 Å². The molecule has 3 heterocycles. The minimum Gasteiger partial charge on any atom is -0.493 e. The summed E-state index contributed by atoms with van der Waals surface area (Å²) in [6.07, 6.45) is 4.21. The molecular formula is C21H22ClN3O2. The first-order chi connectivity index (χ1) is 13.1. The fourth-order valence-electron chi connectivity index (χ4n) is 3.47. The minimum absolute atomic E-state index is 0.465. The second-order valence-electron chi connectivity index (χ2n) is 6.85. The molecule has 2 aromatic heterocycles. The van der Waals surface area contributed by atoms with Crippen molar-refractivity contribution in [1.29, 1.82) is 0 Å². The first-order valence-corrected chi connectivity index (χ1v) is 9.45. The minimum atomic E-state index is 0.465. The van der Waals surface area contributed by atoms with E-state index in [9.17, 15) is 0 Å². The largest absolute Gasteiger partial charge is 0.493 e. The summed E-state index contributed by atoms with van der Waals surface area (Å²) in [4.78, 5) is 11.3. The summed E-state index contributed by atoms with van der Waals surface area (Å²) >= 11 is 6.01. The molecule has 0 radical (unpaired) electrons. The molecule has 6 heteroatoms. The van der Waals surface area contributed by atoms with Gasteiger partial charge < -0.3 is 14.4 Å². The SMILES string of the molecule is COc1cc(-c2cc3nc(Cl)ccc3cn2)ccc1OCC1CCCN1C. The molecule has 1 unspecified atom stereocenters. The van der Waals surface area contributed by atoms with Crippen LogP contribution in [-0.4, -0.2) is 48.2 Å². The van der Waals surface area contributed by atoms with E-state index in [1.807, 2.05) is 30.3 Å². The predicted molar refractivity (Wildman–Crippen MR) is 108 cm³/mol. The fraction of sp³-hybridized carbons (Fsp3) is 0.333. The van der Waals surface area contributed by atoms with E-state index >= 15 is 0 Å². The number of pyridine rings is 2. The summed E-state index contributed by atoms with van der Waals surface area (Å²) in [5.74, 6) is 1.46. The lowest BCUT2D eigenvalue weighted by molar-refractivity contribution is 0.193. The van der Waals surface area contributed by atoms with E-state index in [1.54, 1.807) is 19.4 Å². The topological polar surface area (TPSA) is 47.5 Å². The number of nitrogens with zero attached hydrogens (tertiary/aromatic N) is 3. The molecule has 0 aliphatic carbocycles. The number of aromatic nitrogens is 2. The Morgan fingerprint density at radius 3 is 2.85 bits per heavy atom. The lowest BCUT2D eigenvalue weighted by Crippen LogP contribution is -2.30. The van der Waals surface area contributed by atoms with E-state index in [2.05, 4.69) is 21.9 Å². The highest BCUT2D eigenvalue weighted by atomic mass is 35.5. The molecule has 1 atom stereocenters. The van der Waals surface area contributed by atoms with E-state index in [0.29, 0.717) is 23.6 Å². The van der Waals surface area contributed by atoms with E-state index in [0.717, 1.165) is 34.5 Å². The third-order valence-corrected chi connectivity index (χ3v) is 5.31. The summed E-state index contributed by atoms with van der Waals surface area (Å²) in [6, 6.07) is 12.0. The molecule has 27 heavy (non-hydrogen) atoms. The molecule has 5 nitrogen and oxygen atoms in total. The van der Waals surface area contributed by atoms with Gasteiger partial charge in [0.25, 0.3) is 0 Å². The van der Waals surface area contributed by atoms with Gasteiger partial charge in [0.2, 0.25) is 0 Å². The number of likely N-dealkylation sites (N-methyl/N-ethyl adjacent to an activating group) is 1. The van der Waals surface area contributed by atoms with Crippen LogP contribution in [0, 0.1) is 0 Å². The Hall–Kier alpha value is -2.37. The van der Waals surface area contributed by atoms with Gasteiger partial charge in [0.1, 0.15) is 11.8 Å². The monoisotopic (exact) mass is 383 g/mol. The Balaban J connectivity index is 1.58. The Bertz CT molecular complexity index is 963. The van der Waals surface area contributed by atoms with Gasteiger partial charge in [-0.3, -0.25) is 4.98 Å². The molecule has 1 aliphatic rings. The molecule has 0 saturated carbocycles. The lowest BCUT2D eigenvalue weighted by atomic mass is 10.1. The molecule has 1 aromatic carbocycles.